The third kappa shape index (κ3) is 5.80. The molecule has 24 heavy (non-hydrogen) atoms. The van der Waals surface area contributed by atoms with Crippen LogP contribution in [0.1, 0.15) is 84.0 Å². The number of aliphatic hydroxyl groups is 3. The summed E-state index contributed by atoms with van der Waals surface area (Å²) in [5.74, 6) is -0.526. The molecule has 1 fully saturated rings. The molecule has 0 heterocycles. The van der Waals surface area contributed by atoms with E-state index in [1.165, 1.54) is 52.1 Å². The lowest BCUT2D eigenvalue weighted by molar-refractivity contribution is -0.168. The normalized spacial score (nSPS) is 28.5. The number of ether oxygens (including phenoxy) is 1. The highest BCUT2D eigenvalue weighted by Crippen LogP contribution is 2.33. The Morgan fingerprint density at radius 3 is 2.04 bits per heavy atom. The fourth-order valence-electron chi connectivity index (χ4n) is 3.55. The van der Waals surface area contributed by atoms with Crippen LogP contribution in [0, 0.1) is 0 Å². The summed E-state index contributed by atoms with van der Waals surface area (Å²) in [7, 11) is 1.39. The van der Waals surface area contributed by atoms with Crippen LogP contribution in [0.15, 0.2) is 0 Å². The van der Waals surface area contributed by atoms with Gasteiger partial charge in [-0.05, 0) is 6.42 Å². The average Bonchev–Trinajstić information content (AvgIpc) is 2.81. The third-order valence-corrected chi connectivity index (χ3v) is 5.28. The van der Waals surface area contributed by atoms with Crippen molar-refractivity contribution < 1.29 is 24.9 Å². The van der Waals surface area contributed by atoms with Gasteiger partial charge in [-0.2, -0.15) is 0 Å². The van der Waals surface area contributed by atoms with Crippen LogP contribution in [0.3, 0.4) is 0 Å². The van der Waals surface area contributed by atoms with Gasteiger partial charge in [0.1, 0.15) is 6.10 Å². The van der Waals surface area contributed by atoms with Gasteiger partial charge in [-0.3, -0.25) is 4.79 Å². The van der Waals surface area contributed by atoms with Gasteiger partial charge in [-0.15, -0.1) is 0 Å². The molecule has 0 aromatic carbocycles. The molecule has 1 aliphatic carbocycles. The van der Waals surface area contributed by atoms with Crippen LogP contribution in [0.5, 0.6) is 0 Å². The van der Waals surface area contributed by atoms with Crippen molar-refractivity contribution in [2.24, 2.45) is 0 Å². The summed E-state index contributed by atoms with van der Waals surface area (Å²) in [6, 6.07) is 0. The molecule has 0 aromatic rings. The van der Waals surface area contributed by atoms with E-state index < -0.39 is 29.7 Å². The Hall–Kier alpha value is -0.490. The SMILES string of the molecule is CCCCCCCCCCCCC(O)C1(O)C(=O)CC(OC)C1O. The van der Waals surface area contributed by atoms with Crippen molar-refractivity contribution in [2.75, 3.05) is 7.11 Å². The Labute approximate surface area is 146 Å². The lowest BCUT2D eigenvalue weighted by atomic mass is 9.88. The Kier molecular flexibility index (Phi) is 10.0. The summed E-state index contributed by atoms with van der Waals surface area (Å²) in [5.41, 5.74) is -2.07. The Morgan fingerprint density at radius 2 is 1.58 bits per heavy atom. The molecule has 1 rings (SSSR count). The summed E-state index contributed by atoms with van der Waals surface area (Å²) in [5, 5.41) is 30.7. The summed E-state index contributed by atoms with van der Waals surface area (Å²) in [6.45, 7) is 2.22. The van der Waals surface area contributed by atoms with Gasteiger partial charge in [0, 0.05) is 13.5 Å². The largest absolute Gasteiger partial charge is 0.390 e. The van der Waals surface area contributed by atoms with Crippen molar-refractivity contribution in [2.45, 2.75) is 108 Å². The standard InChI is InChI=1S/C19H36O5/c1-3-4-5-6-7-8-9-10-11-12-13-16(20)19(23)17(21)14-15(24-2)18(19)22/h15-16,18,20,22-23H,3-14H2,1-2H3. The molecule has 0 saturated heterocycles. The Balaban J connectivity index is 2.15. The van der Waals surface area contributed by atoms with Crippen LogP contribution in [0.2, 0.25) is 0 Å². The minimum atomic E-state index is -2.07. The van der Waals surface area contributed by atoms with E-state index in [-0.39, 0.29) is 6.42 Å². The molecule has 1 aliphatic rings. The first-order chi connectivity index (χ1) is 11.5. The molecule has 0 aromatic heterocycles. The lowest BCUT2D eigenvalue weighted by Crippen LogP contribution is -2.55. The molecule has 4 atom stereocenters. The molecule has 5 heteroatoms. The van der Waals surface area contributed by atoms with Crippen molar-refractivity contribution >= 4 is 5.78 Å². The number of carbonyl (C=O) groups is 1. The number of hydrogen-bond donors (Lipinski definition) is 3. The molecule has 4 unspecified atom stereocenters. The predicted octanol–water partition coefficient (Wildman–Crippen LogP) is 2.74. The third-order valence-electron chi connectivity index (χ3n) is 5.28. The zero-order valence-corrected chi connectivity index (χ0v) is 15.4. The Morgan fingerprint density at radius 1 is 1.08 bits per heavy atom. The molecule has 0 radical (unpaired) electrons. The molecule has 0 bridgehead atoms. The van der Waals surface area contributed by atoms with E-state index in [1.807, 2.05) is 0 Å². The van der Waals surface area contributed by atoms with Gasteiger partial charge in [-0.1, -0.05) is 71.1 Å². The fourth-order valence-corrected chi connectivity index (χ4v) is 3.55. The van der Waals surface area contributed by atoms with Crippen LogP contribution in [0.4, 0.5) is 0 Å². The second-order valence-electron chi connectivity index (χ2n) is 7.16. The van der Waals surface area contributed by atoms with Crippen LogP contribution >= 0.6 is 0 Å². The first-order valence-electron chi connectivity index (χ1n) is 9.63. The van der Waals surface area contributed by atoms with Gasteiger partial charge in [0.2, 0.25) is 0 Å². The maximum atomic E-state index is 11.9. The first-order valence-corrected chi connectivity index (χ1v) is 9.63. The Bertz CT molecular complexity index is 360. The van der Waals surface area contributed by atoms with Crippen LogP contribution < -0.4 is 0 Å². The zero-order chi connectivity index (χ0) is 18.0. The number of Topliss-reactive ketones (excluding diaryl/α,β-unsaturated/α-hetero) is 1. The summed E-state index contributed by atoms with van der Waals surface area (Å²) < 4.78 is 5.00. The number of aliphatic hydroxyl groups excluding tert-OH is 2. The van der Waals surface area contributed by atoms with E-state index in [9.17, 15) is 20.1 Å². The lowest BCUT2D eigenvalue weighted by Gasteiger charge is -2.31. The summed E-state index contributed by atoms with van der Waals surface area (Å²) in [6.07, 6.45) is 8.78. The molecule has 0 aliphatic heterocycles. The average molecular weight is 344 g/mol. The molecule has 5 nitrogen and oxygen atoms in total. The second-order valence-corrected chi connectivity index (χ2v) is 7.16. The van der Waals surface area contributed by atoms with Crippen LogP contribution in [0.25, 0.3) is 0 Å². The van der Waals surface area contributed by atoms with Crippen LogP contribution in [-0.2, 0) is 9.53 Å². The van der Waals surface area contributed by atoms with Crippen molar-refractivity contribution in [1.29, 1.82) is 0 Å². The van der Waals surface area contributed by atoms with Gasteiger partial charge in [0.05, 0.1) is 12.2 Å². The van der Waals surface area contributed by atoms with Crippen molar-refractivity contribution in [3.05, 3.63) is 0 Å². The minimum Gasteiger partial charge on any atom is -0.390 e. The van der Waals surface area contributed by atoms with E-state index in [2.05, 4.69) is 6.92 Å². The van der Waals surface area contributed by atoms with Gasteiger partial charge in [0.25, 0.3) is 0 Å². The van der Waals surface area contributed by atoms with Crippen molar-refractivity contribution in [3.63, 3.8) is 0 Å². The summed E-state index contributed by atoms with van der Waals surface area (Å²) in [4.78, 5) is 11.9. The number of unbranched alkanes of at least 4 members (excludes halogenated alkanes) is 9. The zero-order valence-electron chi connectivity index (χ0n) is 15.4. The van der Waals surface area contributed by atoms with E-state index in [0.29, 0.717) is 6.42 Å². The number of methoxy groups -OCH3 is 1. The van der Waals surface area contributed by atoms with Gasteiger partial charge in [0.15, 0.2) is 11.4 Å². The van der Waals surface area contributed by atoms with Gasteiger partial charge >= 0.3 is 0 Å². The van der Waals surface area contributed by atoms with Crippen molar-refractivity contribution in [1.82, 2.24) is 0 Å². The van der Waals surface area contributed by atoms with E-state index in [4.69, 9.17) is 4.74 Å². The number of carbonyl (C=O) groups excluding carboxylic acids is 1. The number of ketones is 1. The van der Waals surface area contributed by atoms with Crippen molar-refractivity contribution in [3.8, 4) is 0 Å². The fraction of sp³-hybridized carbons (Fsp3) is 0.947. The van der Waals surface area contributed by atoms with Crippen LogP contribution in [-0.4, -0.2) is 52.1 Å². The highest BCUT2D eigenvalue weighted by molar-refractivity contribution is 5.91. The monoisotopic (exact) mass is 344 g/mol. The maximum absolute atomic E-state index is 11.9. The molecule has 1 saturated carbocycles. The summed E-state index contributed by atoms with van der Waals surface area (Å²) >= 11 is 0. The predicted molar refractivity (Wildman–Crippen MR) is 93.8 cm³/mol. The minimum absolute atomic E-state index is 0.0523. The van der Waals surface area contributed by atoms with E-state index in [0.717, 1.165) is 19.3 Å². The topological polar surface area (TPSA) is 87.0 Å². The maximum Gasteiger partial charge on any atom is 0.177 e. The van der Waals surface area contributed by atoms with Gasteiger partial charge in [-0.25, -0.2) is 0 Å². The molecule has 0 spiro atoms. The molecular formula is C19H36O5. The molecule has 3 N–H and O–H groups in total. The molecule has 0 amide bonds. The first kappa shape index (κ1) is 21.6. The van der Waals surface area contributed by atoms with E-state index in [1.54, 1.807) is 0 Å². The smallest absolute Gasteiger partial charge is 0.177 e. The molecule has 142 valence electrons. The number of rotatable bonds is 13. The quantitative estimate of drug-likeness (QED) is 0.447. The second kappa shape index (κ2) is 11.2. The van der Waals surface area contributed by atoms with Gasteiger partial charge < -0.3 is 20.1 Å². The highest BCUT2D eigenvalue weighted by Gasteiger charge is 2.57. The van der Waals surface area contributed by atoms with E-state index >= 15 is 0 Å². The highest BCUT2D eigenvalue weighted by atomic mass is 16.5. The molecular weight excluding hydrogens is 308 g/mol. The number of hydrogen-bond acceptors (Lipinski definition) is 5.